The van der Waals surface area contributed by atoms with Crippen LogP contribution in [0.2, 0.25) is 0 Å². The monoisotopic (exact) mass is 454 g/mol. The molecule has 0 radical (unpaired) electrons. The van der Waals surface area contributed by atoms with Crippen molar-refractivity contribution in [1.29, 1.82) is 5.26 Å². The molecule has 34 heavy (non-hydrogen) atoms. The third-order valence-corrected chi connectivity index (χ3v) is 4.86. The summed E-state index contributed by atoms with van der Waals surface area (Å²) in [5.74, 6) is 0.480. The highest BCUT2D eigenvalue weighted by molar-refractivity contribution is 5.93. The van der Waals surface area contributed by atoms with Crippen molar-refractivity contribution in [2.75, 3.05) is 6.61 Å². The van der Waals surface area contributed by atoms with Crippen LogP contribution in [0.25, 0.3) is 16.9 Å². The van der Waals surface area contributed by atoms with E-state index in [1.54, 1.807) is 37.3 Å². The van der Waals surface area contributed by atoms with Crippen molar-refractivity contribution in [3.63, 3.8) is 0 Å². The summed E-state index contributed by atoms with van der Waals surface area (Å²) in [6.07, 6.45) is 0. The van der Waals surface area contributed by atoms with Crippen LogP contribution in [0.4, 0.5) is 5.69 Å². The first-order valence-electron chi connectivity index (χ1n) is 10.3. The number of benzene rings is 3. The van der Waals surface area contributed by atoms with Gasteiger partial charge in [0.25, 0.3) is 5.69 Å². The number of hydrogen-bond acceptors (Lipinski definition) is 7. The fourth-order valence-corrected chi connectivity index (χ4v) is 3.36. The third kappa shape index (κ3) is 4.47. The van der Waals surface area contributed by atoms with E-state index in [1.165, 1.54) is 22.9 Å². The summed E-state index contributed by atoms with van der Waals surface area (Å²) in [6.45, 7) is 1.75. The molecule has 0 saturated carbocycles. The summed E-state index contributed by atoms with van der Waals surface area (Å²) < 4.78 is 12.2. The predicted octanol–water partition coefficient (Wildman–Crippen LogP) is 5.29. The van der Waals surface area contributed by atoms with E-state index in [2.05, 4.69) is 5.10 Å². The second-order valence-corrected chi connectivity index (χ2v) is 7.03. The SMILES string of the molecule is CCOC(=O)c1nn(-c2cccc([N+](=O)[O-])c2)c(-c2ccc(Oc3ccccc3)cc2)c1C#N. The van der Waals surface area contributed by atoms with Crippen LogP contribution in [0.5, 0.6) is 11.5 Å². The van der Waals surface area contributed by atoms with Crippen molar-refractivity contribution >= 4 is 11.7 Å². The van der Waals surface area contributed by atoms with Crippen molar-refractivity contribution in [2.45, 2.75) is 6.92 Å². The van der Waals surface area contributed by atoms with Gasteiger partial charge in [-0.3, -0.25) is 10.1 Å². The van der Waals surface area contributed by atoms with Gasteiger partial charge in [0.05, 0.1) is 22.9 Å². The summed E-state index contributed by atoms with van der Waals surface area (Å²) in [5.41, 5.74) is 0.864. The number of nitro groups is 1. The molecular formula is C25H18N4O5. The number of nitro benzene ring substituents is 1. The van der Waals surface area contributed by atoms with E-state index in [0.717, 1.165) is 0 Å². The molecule has 1 heterocycles. The molecule has 0 aliphatic carbocycles. The standard InChI is InChI=1S/C25H18N4O5/c1-2-33-25(30)23-22(16-26)24(28(27-23)18-7-6-8-19(15-18)29(31)32)17-11-13-21(14-12-17)34-20-9-4-3-5-10-20/h3-15H,2H2,1H3. The van der Waals surface area contributed by atoms with Crippen LogP contribution in [0.15, 0.2) is 78.9 Å². The minimum Gasteiger partial charge on any atom is -0.461 e. The number of para-hydroxylation sites is 1. The molecule has 0 amide bonds. The van der Waals surface area contributed by atoms with Gasteiger partial charge in [-0.25, -0.2) is 9.48 Å². The van der Waals surface area contributed by atoms with E-state index in [1.807, 2.05) is 36.4 Å². The van der Waals surface area contributed by atoms with Crippen LogP contribution in [-0.4, -0.2) is 27.3 Å². The molecule has 0 fully saturated rings. The number of nitriles is 1. The van der Waals surface area contributed by atoms with E-state index in [-0.39, 0.29) is 23.6 Å². The van der Waals surface area contributed by atoms with Crippen LogP contribution >= 0.6 is 0 Å². The highest BCUT2D eigenvalue weighted by Crippen LogP contribution is 2.32. The fourth-order valence-electron chi connectivity index (χ4n) is 3.36. The molecule has 0 aliphatic rings. The molecule has 168 valence electrons. The van der Waals surface area contributed by atoms with Crippen LogP contribution < -0.4 is 4.74 Å². The topological polar surface area (TPSA) is 120 Å². The van der Waals surface area contributed by atoms with Crippen LogP contribution in [0.1, 0.15) is 23.0 Å². The molecule has 1 aromatic heterocycles. The summed E-state index contributed by atoms with van der Waals surface area (Å²) in [5, 5.41) is 25.5. The molecule has 0 spiro atoms. The lowest BCUT2D eigenvalue weighted by Crippen LogP contribution is -2.08. The second-order valence-electron chi connectivity index (χ2n) is 7.03. The van der Waals surface area contributed by atoms with Crippen molar-refractivity contribution < 1.29 is 19.2 Å². The number of aromatic nitrogens is 2. The molecule has 9 heteroatoms. The third-order valence-electron chi connectivity index (χ3n) is 4.86. The Balaban J connectivity index is 1.83. The molecule has 4 aromatic rings. The lowest BCUT2D eigenvalue weighted by molar-refractivity contribution is -0.384. The predicted molar refractivity (Wildman–Crippen MR) is 123 cm³/mol. The van der Waals surface area contributed by atoms with Gasteiger partial charge in [-0.05, 0) is 49.4 Å². The largest absolute Gasteiger partial charge is 0.461 e. The first-order valence-corrected chi connectivity index (χ1v) is 10.3. The van der Waals surface area contributed by atoms with Gasteiger partial charge in [0.1, 0.15) is 23.1 Å². The molecule has 3 aromatic carbocycles. The minimum atomic E-state index is -0.756. The van der Waals surface area contributed by atoms with Gasteiger partial charge >= 0.3 is 5.97 Å². The van der Waals surface area contributed by atoms with Gasteiger partial charge < -0.3 is 9.47 Å². The number of esters is 1. The van der Waals surface area contributed by atoms with Crippen molar-refractivity contribution in [3.05, 3.63) is 100 Å². The molecular weight excluding hydrogens is 436 g/mol. The highest BCUT2D eigenvalue weighted by atomic mass is 16.6. The number of hydrogen-bond donors (Lipinski definition) is 0. The maximum atomic E-state index is 12.5. The second kappa shape index (κ2) is 9.67. The Morgan fingerprint density at radius 1 is 1.06 bits per heavy atom. The molecule has 0 aliphatic heterocycles. The van der Waals surface area contributed by atoms with Gasteiger partial charge in [-0.15, -0.1) is 0 Å². The Morgan fingerprint density at radius 2 is 1.76 bits per heavy atom. The average molecular weight is 454 g/mol. The van der Waals surface area contributed by atoms with E-state index >= 15 is 0 Å². The van der Waals surface area contributed by atoms with E-state index in [4.69, 9.17) is 9.47 Å². The van der Waals surface area contributed by atoms with E-state index in [0.29, 0.717) is 28.4 Å². The van der Waals surface area contributed by atoms with Crippen LogP contribution in [0.3, 0.4) is 0 Å². The number of non-ortho nitro benzene ring substituents is 1. The molecule has 0 N–H and O–H groups in total. The number of nitrogens with zero attached hydrogens (tertiary/aromatic N) is 4. The maximum absolute atomic E-state index is 12.5. The average Bonchev–Trinajstić information content (AvgIpc) is 3.25. The van der Waals surface area contributed by atoms with Gasteiger partial charge in [0.2, 0.25) is 0 Å². The zero-order valence-corrected chi connectivity index (χ0v) is 18.0. The zero-order valence-electron chi connectivity index (χ0n) is 18.0. The molecule has 9 nitrogen and oxygen atoms in total. The zero-order chi connectivity index (χ0) is 24.1. The summed E-state index contributed by atoms with van der Waals surface area (Å²) in [4.78, 5) is 23.3. The van der Waals surface area contributed by atoms with E-state index in [9.17, 15) is 20.2 Å². The quantitative estimate of drug-likeness (QED) is 0.211. The lowest BCUT2D eigenvalue weighted by atomic mass is 10.1. The number of carbonyl (C=O) groups excluding carboxylic acids is 1. The maximum Gasteiger partial charge on any atom is 0.360 e. The van der Waals surface area contributed by atoms with E-state index < -0.39 is 10.9 Å². The van der Waals surface area contributed by atoms with Crippen molar-refractivity contribution in [2.24, 2.45) is 0 Å². The van der Waals surface area contributed by atoms with Gasteiger partial charge in [-0.2, -0.15) is 10.4 Å². The molecule has 4 rings (SSSR count). The fraction of sp³-hybridized carbons (Fsp3) is 0.0800. The first-order chi connectivity index (χ1) is 16.5. The Morgan fingerprint density at radius 3 is 2.41 bits per heavy atom. The minimum absolute atomic E-state index is 0.00156. The van der Waals surface area contributed by atoms with Crippen LogP contribution in [-0.2, 0) is 4.74 Å². The van der Waals surface area contributed by atoms with Gasteiger partial charge in [-0.1, -0.05) is 24.3 Å². The highest BCUT2D eigenvalue weighted by Gasteiger charge is 2.26. The van der Waals surface area contributed by atoms with Crippen molar-refractivity contribution in [1.82, 2.24) is 9.78 Å². The lowest BCUT2D eigenvalue weighted by Gasteiger charge is -2.10. The summed E-state index contributed by atoms with van der Waals surface area (Å²) in [7, 11) is 0. The Hall–Kier alpha value is -4.97. The number of carbonyl (C=O) groups is 1. The smallest absolute Gasteiger partial charge is 0.360 e. The molecule has 0 unspecified atom stereocenters. The number of rotatable bonds is 7. The van der Waals surface area contributed by atoms with Crippen molar-refractivity contribution in [3.8, 4) is 34.5 Å². The normalized spacial score (nSPS) is 10.4. The Bertz CT molecular complexity index is 1390. The van der Waals surface area contributed by atoms with Gasteiger partial charge in [0, 0.05) is 17.7 Å². The van der Waals surface area contributed by atoms with Crippen LogP contribution in [0, 0.1) is 21.4 Å². The Labute approximate surface area is 194 Å². The van der Waals surface area contributed by atoms with Gasteiger partial charge in [0.15, 0.2) is 5.69 Å². The first kappa shape index (κ1) is 22.2. The molecule has 0 bridgehead atoms. The number of ether oxygens (including phenoxy) is 2. The summed E-state index contributed by atoms with van der Waals surface area (Å²) in [6, 6.07) is 23.9. The Kier molecular flexibility index (Phi) is 6.32. The molecule has 0 atom stereocenters. The summed E-state index contributed by atoms with van der Waals surface area (Å²) >= 11 is 0. The molecule has 0 saturated heterocycles.